The monoisotopic (exact) mass is 220 g/mol. The average molecular weight is 221 g/mol. The summed E-state index contributed by atoms with van der Waals surface area (Å²) in [5.41, 5.74) is 6.15. The molecule has 0 heterocycles. The fourth-order valence-corrected chi connectivity index (χ4v) is 1.81. The van der Waals surface area contributed by atoms with Crippen molar-refractivity contribution in [1.29, 1.82) is 0 Å². The van der Waals surface area contributed by atoms with Crippen molar-refractivity contribution >= 4 is 27.3 Å². The predicted molar refractivity (Wildman–Crippen MR) is 52.0 cm³/mol. The second-order valence-electron chi connectivity index (χ2n) is 2.63. The van der Waals surface area contributed by atoms with Crippen LogP contribution in [0.2, 0.25) is 5.02 Å². The van der Waals surface area contributed by atoms with E-state index in [0.29, 0.717) is 10.6 Å². The van der Waals surface area contributed by atoms with Gasteiger partial charge in [0, 0.05) is 5.02 Å². The Bertz CT molecular complexity index is 442. The molecule has 0 aromatic heterocycles. The van der Waals surface area contributed by atoms with Crippen LogP contribution in [0.4, 0.5) is 5.69 Å². The zero-order chi connectivity index (χ0) is 10.2. The Hall–Kier alpha value is -0.780. The van der Waals surface area contributed by atoms with Gasteiger partial charge in [-0.1, -0.05) is 11.6 Å². The van der Waals surface area contributed by atoms with Gasteiger partial charge >= 0.3 is 0 Å². The Morgan fingerprint density at radius 3 is 2.38 bits per heavy atom. The number of nitrogens with two attached hydrogens (primary N) is 2. The number of sulfonamides is 1. The van der Waals surface area contributed by atoms with Gasteiger partial charge in [0.15, 0.2) is 0 Å². The second-order valence-corrected chi connectivity index (χ2v) is 4.57. The highest BCUT2D eigenvalue weighted by atomic mass is 35.5. The Morgan fingerprint density at radius 1 is 1.38 bits per heavy atom. The van der Waals surface area contributed by atoms with Crippen molar-refractivity contribution in [2.45, 2.75) is 11.8 Å². The third-order valence-corrected chi connectivity index (χ3v) is 3.09. The lowest BCUT2D eigenvalue weighted by atomic mass is 10.2. The predicted octanol–water partition coefficient (Wildman–Crippen LogP) is 0.878. The van der Waals surface area contributed by atoms with Crippen LogP contribution in [-0.2, 0) is 10.0 Å². The molecule has 1 rings (SSSR count). The van der Waals surface area contributed by atoms with Crippen molar-refractivity contribution in [3.8, 4) is 0 Å². The maximum atomic E-state index is 11.0. The number of nitrogen functional groups attached to an aromatic ring is 1. The number of hydrogen-bond acceptors (Lipinski definition) is 3. The summed E-state index contributed by atoms with van der Waals surface area (Å²) >= 11 is 5.72. The lowest BCUT2D eigenvalue weighted by molar-refractivity contribution is 0.598. The van der Waals surface area contributed by atoms with Crippen LogP contribution in [0.25, 0.3) is 0 Å². The summed E-state index contributed by atoms with van der Waals surface area (Å²) in [4.78, 5) is -0.0885. The van der Waals surface area contributed by atoms with Gasteiger partial charge in [0.05, 0.1) is 5.69 Å². The number of benzene rings is 1. The summed E-state index contributed by atoms with van der Waals surface area (Å²) in [6, 6.07) is 2.74. The van der Waals surface area contributed by atoms with Crippen LogP contribution in [0.1, 0.15) is 5.56 Å². The van der Waals surface area contributed by atoms with Crippen LogP contribution in [0.3, 0.4) is 0 Å². The van der Waals surface area contributed by atoms with Crippen LogP contribution < -0.4 is 10.9 Å². The van der Waals surface area contributed by atoms with Crippen molar-refractivity contribution in [3.63, 3.8) is 0 Å². The van der Waals surface area contributed by atoms with Gasteiger partial charge in [-0.15, -0.1) is 0 Å². The molecule has 1 aromatic rings. The quantitative estimate of drug-likeness (QED) is 0.689. The number of hydrogen-bond donors (Lipinski definition) is 2. The van der Waals surface area contributed by atoms with E-state index < -0.39 is 10.0 Å². The molecule has 4 nitrogen and oxygen atoms in total. The number of rotatable bonds is 1. The van der Waals surface area contributed by atoms with E-state index in [1.54, 1.807) is 6.92 Å². The van der Waals surface area contributed by atoms with Crippen LogP contribution >= 0.6 is 11.6 Å². The topological polar surface area (TPSA) is 86.2 Å². The smallest absolute Gasteiger partial charge is 0.240 e. The van der Waals surface area contributed by atoms with Crippen molar-refractivity contribution < 1.29 is 8.42 Å². The molecule has 0 amide bonds. The third-order valence-electron chi connectivity index (χ3n) is 1.72. The minimum Gasteiger partial charge on any atom is -0.397 e. The van der Waals surface area contributed by atoms with Crippen LogP contribution in [-0.4, -0.2) is 8.42 Å². The largest absolute Gasteiger partial charge is 0.397 e. The van der Waals surface area contributed by atoms with Crippen molar-refractivity contribution in [2.24, 2.45) is 5.14 Å². The zero-order valence-electron chi connectivity index (χ0n) is 6.91. The van der Waals surface area contributed by atoms with Crippen molar-refractivity contribution in [1.82, 2.24) is 0 Å². The number of halogens is 1. The normalized spacial score (nSPS) is 11.6. The lowest BCUT2D eigenvalue weighted by Gasteiger charge is -2.07. The van der Waals surface area contributed by atoms with Gasteiger partial charge in [-0.2, -0.15) is 0 Å². The molecule has 6 heteroatoms. The molecule has 4 N–H and O–H groups in total. The van der Waals surface area contributed by atoms with Gasteiger partial charge in [0.25, 0.3) is 0 Å². The first-order valence-corrected chi connectivity index (χ1v) is 5.34. The van der Waals surface area contributed by atoms with E-state index in [1.165, 1.54) is 12.1 Å². The first-order chi connectivity index (χ1) is 5.84. The van der Waals surface area contributed by atoms with Crippen molar-refractivity contribution in [2.75, 3.05) is 5.73 Å². The Labute approximate surface area is 81.5 Å². The van der Waals surface area contributed by atoms with Crippen LogP contribution in [0.5, 0.6) is 0 Å². The number of primary sulfonamides is 1. The van der Waals surface area contributed by atoms with Gasteiger partial charge in [-0.05, 0) is 24.6 Å². The van der Waals surface area contributed by atoms with Crippen LogP contribution in [0.15, 0.2) is 17.0 Å². The Morgan fingerprint density at radius 2 is 1.92 bits per heavy atom. The molecule has 0 aliphatic heterocycles. The summed E-state index contributed by atoms with van der Waals surface area (Å²) < 4.78 is 21.9. The molecule has 0 bridgehead atoms. The minimum atomic E-state index is -3.76. The maximum Gasteiger partial charge on any atom is 0.240 e. The third kappa shape index (κ3) is 1.93. The highest BCUT2D eigenvalue weighted by Crippen LogP contribution is 2.26. The first-order valence-electron chi connectivity index (χ1n) is 3.41. The van der Waals surface area contributed by atoms with E-state index in [2.05, 4.69) is 0 Å². The van der Waals surface area contributed by atoms with Crippen molar-refractivity contribution in [3.05, 3.63) is 22.7 Å². The van der Waals surface area contributed by atoms with Gasteiger partial charge in [-0.3, -0.25) is 0 Å². The fraction of sp³-hybridized carbons (Fsp3) is 0.143. The molecule has 0 radical (unpaired) electrons. The highest BCUT2D eigenvalue weighted by Gasteiger charge is 2.14. The highest BCUT2D eigenvalue weighted by molar-refractivity contribution is 7.89. The molecule has 72 valence electrons. The summed E-state index contributed by atoms with van der Waals surface area (Å²) in [6.07, 6.45) is 0. The van der Waals surface area contributed by atoms with Gasteiger partial charge < -0.3 is 5.73 Å². The lowest BCUT2D eigenvalue weighted by Crippen LogP contribution is -2.14. The number of anilines is 1. The van der Waals surface area contributed by atoms with E-state index in [4.69, 9.17) is 22.5 Å². The first kappa shape index (κ1) is 10.3. The summed E-state index contributed by atoms with van der Waals surface area (Å²) in [5, 5.41) is 5.35. The SMILES string of the molecule is Cc1c(Cl)ccc(S(N)(=O)=O)c1N. The maximum absolute atomic E-state index is 11.0. The Balaban J connectivity index is 3.53. The molecule has 0 unspecified atom stereocenters. The standard InChI is InChI=1S/C7H9ClN2O2S/c1-4-5(8)2-3-6(7(4)9)13(10,11)12/h2-3H,9H2,1H3,(H2,10,11,12). The minimum absolute atomic E-state index is 0.0885. The van der Waals surface area contributed by atoms with E-state index in [9.17, 15) is 8.42 Å². The second kappa shape index (κ2) is 3.17. The Kier molecular flexibility index (Phi) is 2.51. The molecular formula is C7H9ClN2O2S. The van der Waals surface area contributed by atoms with Crippen LogP contribution in [0, 0.1) is 6.92 Å². The van der Waals surface area contributed by atoms with E-state index >= 15 is 0 Å². The summed E-state index contributed by atoms with van der Waals surface area (Å²) in [5.74, 6) is 0. The molecule has 13 heavy (non-hydrogen) atoms. The molecule has 0 atom stereocenters. The van der Waals surface area contributed by atoms with E-state index in [1.807, 2.05) is 0 Å². The molecular weight excluding hydrogens is 212 g/mol. The van der Waals surface area contributed by atoms with Gasteiger partial charge in [0.2, 0.25) is 10.0 Å². The van der Waals surface area contributed by atoms with E-state index in [-0.39, 0.29) is 10.6 Å². The molecule has 0 spiro atoms. The summed E-state index contributed by atoms with van der Waals surface area (Å²) in [6.45, 7) is 1.63. The van der Waals surface area contributed by atoms with E-state index in [0.717, 1.165) is 0 Å². The zero-order valence-corrected chi connectivity index (χ0v) is 8.48. The van der Waals surface area contributed by atoms with Gasteiger partial charge in [-0.25, -0.2) is 13.6 Å². The molecule has 0 saturated heterocycles. The molecule has 0 aliphatic carbocycles. The molecule has 1 aromatic carbocycles. The summed E-state index contributed by atoms with van der Waals surface area (Å²) in [7, 11) is -3.76. The molecule has 0 aliphatic rings. The molecule has 0 saturated carbocycles. The van der Waals surface area contributed by atoms with Gasteiger partial charge in [0.1, 0.15) is 4.90 Å². The fourth-order valence-electron chi connectivity index (χ4n) is 0.925. The molecule has 0 fully saturated rings. The average Bonchev–Trinajstić information content (AvgIpc) is 1.98.